The molecule has 1 atom stereocenters. The lowest BCUT2D eigenvalue weighted by atomic mass is 10.4. The van der Waals surface area contributed by atoms with Crippen molar-refractivity contribution in [2.75, 3.05) is 13.2 Å². The van der Waals surface area contributed by atoms with Gasteiger partial charge in [-0.25, -0.2) is 0 Å². The molecule has 0 rings (SSSR count). The van der Waals surface area contributed by atoms with Gasteiger partial charge in [-0.05, 0) is 6.92 Å². The van der Waals surface area contributed by atoms with Crippen molar-refractivity contribution >= 4 is 12.4 Å². The number of rotatable bonds is 3. The second-order valence-electron chi connectivity index (χ2n) is 1.70. The fourth-order valence-electron chi connectivity index (χ4n) is 0.304. The summed E-state index contributed by atoms with van der Waals surface area (Å²) in [6, 6.07) is 0.0864. The van der Waals surface area contributed by atoms with Crippen molar-refractivity contribution < 1.29 is 4.74 Å². The van der Waals surface area contributed by atoms with Gasteiger partial charge in [0.2, 0.25) is 0 Å². The molecular weight excluding hydrogens is 138 g/mol. The molecule has 0 aromatic rings. The first-order valence-corrected chi connectivity index (χ1v) is 2.54. The van der Waals surface area contributed by atoms with Gasteiger partial charge in [0, 0.05) is 6.04 Å². The quantitative estimate of drug-likeness (QED) is 0.466. The summed E-state index contributed by atoms with van der Waals surface area (Å²) < 4.78 is 4.88. The highest BCUT2D eigenvalue weighted by molar-refractivity contribution is 5.85. The lowest BCUT2D eigenvalue weighted by Crippen LogP contribution is -2.21. The van der Waals surface area contributed by atoms with Gasteiger partial charge in [-0.1, -0.05) is 5.92 Å². The second-order valence-corrected chi connectivity index (χ2v) is 1.70. The van der Waals surface area contributed by atoms with Crippen LogP contribution in [0.15, 0.2) is 0 Å². The van der Waals surface area contributed by atoms with Crippen LogP contribution in [0.4, 0.5) is 0 Å². The molecule has 0 heterocycles. The predicted octanol–water partition coefficient (Wildman–Crippen LogP) is 0.405. The van der Waals surface area contributed by atoms with Crippen molar-refractivity contribution in [1.29, 1.82) is 0 Å². The van der Waals surface area contributed by atoms with Crippen molar-refractivity contribution in [2.24, 2.45) is 5.73 Å². The number of ether oxygens (including phenoxy) is 1. The lowest BCUT2D eigenvalue weighted by molar-refractivity contribution is 0.156. The third-order valence-corrected chi connectivity index (χ3v) is 0.566. The Morgan fingerprint density at radius 3 is 2.67 bits per heavy atom. The van der Waals surface area contributed by atoms with Crippen molar-refractivity contribution in [2.45, 2.75) is 13.0 Å². The highest BCUT2D eigenvalue weighted by Crippen LogP contribution is 1.76. The third-order valence-electron chi connectivity index (χ3n) is 0.566. The van der Waals surface area contributed by atoms with Gasteiger partial charge in [0.15, 0.2) is 0 Å². The molecule has 0 radical (unpaired) electrons. The summed E-state index contributed by atoms with van der Waals surface area (Å²) in [5, 5.41) is 0. The highest BCUT2D eigenvalue weighted by atomic mass is 35.5. The maximum Gasteiger partial charge on any atom is 0.107 e. The summed E-state index contributed by atoms with van der Waals surface area (Å²) in [6.07, 6.45) is 4.90. The van der Waals surface area contributed by atoms with Crippen LogP contribution >= 0.6 is 12.4 Å². The van der Waals surface area contributed by atoms with Gasteiger partial charge in [0.25, 0.3) is 0 Å². The summed E-state index contributed by atoms with van der Waals surface area (Å²) >= 11 is 0. The summed E-state index contributed by atoms with van der Waals surface area (Å²) in [6.45, 7) is 2.78. The average Bonchev–Trinajstić information content (AvgIpc) is 1.66. The van der Waals surface area contributed by atoms with E-state index in [1.54, 1.807) is 0 Å². The monoisotopic (exact) mass is 149 g/mol. The average molecular weight is 150 g/mol. The molecule has 0 bridgehead atoms. The number of halogens is 1. The molecule has 54 valence electrons. The van der Waals surface area contributed by atoms with Crippen molar-refractivity contribution in [3.8, 4) is 12.3 Å². The number of nitrogens with two attached hydrogens (primary N) is 1. The zero-order valence-corrected chi connectivity index (χ0v) is 6.28. The van der Waals surface area contributed by atoms with E-state index in [1.807, 2.05) is 6.92 Å². The number of hydrogen-bond acceptors (Lipinski definition) is 2. The Kier molecular flexibility index (Phi) is 9.97. The molecule has 3 heteroatoms. The molecule has 0 aromatic heterocycles. The molecule has 0 aliphatic rings. The van der Waals surface area contributed by atoms with Crippen LogP contribution in [-0.2, 0) is 4.74 Å². The van der Waals surface area contributed by atoms with Gasteiger partial charge in [-0.3, -0.25) is 0 Å². The number of hydrogen-bond donors (Lipinski definition) is 1. The zero-order chi connectivity index (χ0) is 6.41. The van der Waals surface area contributed by atoms with Gasteiger partial charge in [0.1, 0.15) is 6.61 Å². The fraction of sp³-hybridized carbons (Fsp3) is 0.667. The van der Waals surface area contributed by atoms with Crippen LogP contribution in [0.1, 0.15) is 6.92 Å². The van der Waals surface area contributed by atoms with Gasteiger partial charge >= 0.3 is 0 Å². The molecule has 0 aliphatic heterocycles. The van der Waals surface area contributed by atoms with E-state index >= 15 is 0 Å². The highest BCUT2D eigenvalue weighted by Gasteiger charge is 1.89. The third kappa shape index (κ3) is 11.4. The van der Waals surface area contributed by atoms with E-state index in [0.29, 0.717) is 13.2 Å². The van der Waals surface area contributed by atoms with Crippen LogP contribution in [0.5, 0.6) is 0 Å². The van der Waals surface area contributed by atoms with Gasteiger partial charge in [-0.15, -0.1) is 18.8 Å². The Bertz CT molecular complexity index is 87.5. The maximum absolute atomic E-state index is 5.34. The van der Waals surface area contributed by atoms with E-state index in [9.17, 15) is 0 Å². The van der Waals surface area contributed by atoms with Crippen LogP contribution in [0.2, 0.25) is 0 Å². The van der Waals surface area contributed by atoms with Crippen LogP contribution < -0.4 is 5.73 Å². The Morgan fingerprint density at radius 2 is 2.33 bits per heavy atom. The van der Waals surface area contributed by atoms with E-state index in [0.717, 1.165) is 0 Å². The number of terminal acetylenes is 1. The molecule has 0 saturated heterocycles. The van der Waals surface area contributed by atoms with Crippen molar-refractivity contribution in [1.82, 2.24) is 0 Å². The van der Waals surface area contributed by atoms with Crippen molar-refractivity contribution in [3.05, 3.63) is 0 Å². The molecule has 0 saturated carbocycles. The molecular formula is C6H12ClNO. The molecule has 2 nitrogen and oxygen atoms in total. The van der Waals surface area contributed by atoms with E-state index < -0.39 is 0 Å². The summed E-state index contributed by atoms with van der Waals surface area (Å²) in [7, 11) is 0. The molecule has 0 unspecified atom stereocenters. The minimum absolute atomic E-state index is 0. The standard InChI is InChI=1S/C6H11NO.ClH/c1-3-4-8-5-6(2)7;/h1,6H,4-5,7H2,2H3;1H/t6-;/m0./s1. The van der Waals surface area contributed by atoms with E-state index in [4.69, 9.17) is 16.9 Å². The molecule has 0 aromatic carbocycles. The first-order valence-electron chi connectivity index (χ1n) is 2.54. The normalized spacial score (nSPS) is 11.2. The molecule has 0 spiro atoms. The topological polar surface area (TPSA) is 35.2 Å². The summed E-state index contributed by atoms with van der Waals surface area (Å²) in [5.41, 5.74) is 5.34. The molecule has 0 amide bonds. The largest absolute Gasteiger partial charge is 0.367 e. The first-order chi connectivity index (χ1) is 3.77. The predicted molar refractivity (Wildman–Crippen MR) is 40.5 cm³/mol. The van der Waals surface area contributed by atoms with E-state index in [1.165, 1.54) is 0 Å². The maximum atomic E-state index is 5.34. The zero-order valence-electron chi connectivity index (χ0n) is 5.46. The fourth-order valence-corrected chi connectivity index (χ4v) is 0.304. The minimum atomic E-state index is 0. The Balaban J connectivity index is 0. The van der Waals surface area contributed by atoms with E-state index in [-0.39, 0.29) is 18.4 Å². The van der Waals surface area contributed by atoms with Crippen LogP contribution in [0, 0.1) is 12.3 Å². The summed E-state index contributed by atoms with van der Waals surface area (Å²) in [4.78, 5) is 0. The Labute approximate surface area is 62.2 Å². The van der Waals surface area contributed by atoms with Gasteiger partial charge < -0.3 is 10.5 Å². The minimum Gasteiger partial charge on any atom is -0.367 e. The van der Waals surface area contributed by atoms with Crippen molar-refractivity contribution in [3.63, 3.8) is 0 Å². The Morgan fingerprint density at radius 1 is 1.78 bits per heavy atom. The van der Waals surface area contributed by atoms with Crippen LogP contribution in [0.25, 0.3) is 0 Å². The lowest BCUT2D eigenvalue weighted by Gasteiger charge is -2.01. The molecule has 9 heavy (non-hydrogen) atoms. The Hall–Kier alpha value is -0.230. The summed E-state index contributed by atoms with van der Waals surface area (Å²) in [5.74, 6) is 2.35. The first kappa shape index (κ1) is 11.6. The SMILES string of the molecule is C#CCOC[C@H](C)N.Cl. The molecule has 0 fully saturated rings. The van der Waals surface area contributed by atoms with E-state index in [2.05, 4.69) is 5.92 Å². The second kappa shape index (κ2) is 7.77. The van der Waals surface area contributed by atoms with Gasteiger partial charge in [-0.2, -0.15) is 0 Å². The van der Waals surface area contributed by atoms with Gasteiger partial charge in [0.05, 0.1) is 6.61 Å². The smallest absolute Gasteiger partial charge is 0.107 e. The van der Waals surface area contributed by atoms with Crippen LogP contribution in [-0.4, -0.2) is 19.3 Å². The molecule has 2 N–H and O–H groups in total. The van der Waals surface area contributed by atoms with Crippen LogP contribution in [0.3, 0.4) is 0 Å². The molecule has 0 aliphatic carbocycles.